The SMILES string of the molecule is O=C(O)Cc1cccc2c3c(oc12)C=CC3. The summed E-state index contributed by atoms with van der Waals surface area (Å²) in [7, 11) is 0. The molecular weight excluding hydrogens is 204 g/mol. The lowest BCUT2D eigenvalue weighted by Gasteiger charge is -1.98. The van der Waals surface area contributed by atoms with Gasteiger partial charge in [-0.15, -0.1) is 0 Å². The van der Waals surface area contributed by atoms with Crippen molar-refractivity contribution in [2.75, 3.05) is 0 Å². The quantitative estimate of drug-likeness (QED) is 0.836. The molecule has 3 nitrogen and oxygen atoms in total. The molecule has 2 aromatic rings. The van der Waals surface area contributed by atoms with E-state index in [0.29, 0.717) is 0 Å². The summed E-state index contributed by atoms with van der Waals surface area (Å²) in [5, 5.41) is 9.86. The van der Waals surface area contributed by atoms with Gasteiger partial charge in [0, 0.05) is 16.5 Å². The maximum absolute atomic E-state index is 10.7. The van der Waals surface area contributed by atoms with Gasteiger partial charge in [-0.1, -0.05) is 24.3 Å². The van der Waals surface area contributed by atoms with Crippen LogP contribution in [0, 0.1) is 0 Å². The molecule has 80 valence electrons. The first kappa shape index (κ1) is 9.21. The molecule has 0 saturated heterocycles. The number of hydrogen-bond donors (Lipinski definition) is 1. The number of allylic oxidation sites excluding steroid dienone is 1. The van der Waals surface area contributed by atoms with E-state index in [4.69, 9.17) is 9.52 Å². The number of carboxylic acid groups (broad SMARTS) is 1. The second kappa shape index (κ2) is 3.23. The fraction of sp³-hybridized carbons (Fsp3) is 0.154. The topological polar surface area (TPSA) is 50.4 Å². The molecule has 3 heteroatoms. The zero-order chi connectivity index (χ0) is 11.1. The lowest BCUT2D eigenvalue weighted by Crippen LogP contribution is -1.99. The smallest absolute Gasteiger partial charge is 0.307 e. The number of carbonyl (C=O) groups is 1. The molecule has 1 aliphatic carbocycles. The van der Waals surface area contributed by atoms with Gasteiger partial charge in [-0.05, 0) is 12.5 Å². The van der Waals surface area contributed by atoms with Crippen LogP contribution in [-0.4, -0.2) is 11.1 Å². The highest BCUT2D eigenvalue weighted by Crippen LogP contribution is 2.33. The number of carboxylic acids is 1. The predicted molar refractivity (Wildman–Crippen MR) is 60.3 cm³/mol. The molecule has 0 radical (unpaired) electrons. The Balaban J connectivity index is 2.23. The maximum Gasteiger partial charge on any atom is 0.307 e. The second-order valence-corrected chi connectivity index (χ2v) is 3.92. The van der Waals surface area contributed by atoms with E-state index in [1.54, 1.807) is 6.07 Å². The molecule has 16 heavy (non-hydrogen) atoms. The van der Waals surface area contributed by atoms with Crippen LogP contribution >= 0.6 is 0 Å². The van der Waals surface area contributed by atoms with Crippen LogP contribution in [0.3, 0.4) is 0 Å². The van der Waals surface area contributed by atoms with Crippen molar-refractivity contribution in [3.8, 4) is 0 Å². The van der Waals surface area contributed by atoms with E-state index in [0.717, 1.165) is 28.7 Å². The molecule has 1 N–H and O–H groups in total. The standard InChI is InChI=1S/C13H10O3/c14-12(15)7-8-3-1-5-10-9-4-2-6-11(9)16-13(8)10/h1-3,5-6H,4,7H2,(H,14,15). The minimum Gasteiger partial charge on any atom is -0.481 e. The molecular formula is C13H10O3. The molecule has 0 unspecified atom stereocenters. The van der Waals surface area contributed by atoms with Gasteiger partial charge in [0.1, 0.15) is 11.3 Å². The van der Waals surface area contributed by atoms with Crippen molar-refractivity contribution >= 4 is 23.0 Å². The third kappa shape index (κ3) is 1.25. The Morgan fingerprint density at radius 3 is 3.12 bits per heavy atom. The molecule has 1 aromatic heterocycles. The predicted octanol–water partition coefficient (Wildman–Crippen LogP) is 2.63. The van der Waals surface area contributed by atoms with E-state index >= 15 is 0 Å². The molecule has 1 aliphatic rings. The Labute approximate surface area is 92.0 Å². The van der Waals surface area contributed by atoms with Crippen LogP contribution in [0.15, 0.2) is 28.7 Å². The van der Waals surface area contributed by atoms with Crippen LogP contribution in [-0.2, 0) is 17.6 Å². The summed E-state index contributed by atoms with van der Waals surface area (Å²) in [5.74, 6) is 0.0347. The molecule has 0 bridgehead atoms. The van der Waals surface area contributed by atoms with Gasteiger partial charge in [0.05, 0.1) is 6.42 Å². The van der Waals surface area contributed by atoms with Crippen molar-refractivity contribution < 1.29 is 14.3 Å². The lowest BCUT2D eigenvalue weighted by molar-refractivity contribution is -0.136. The van der Waals surface area contributed by atoms with Crippen molar-refractivity contribution in [3.05, 3.63) is 41.2 Å². The zero-order valence-electron chi connectivity index (χ0n) is 8.56. The summed E-state index contributed by atoms with van der Waals surface area (Å²) < 4.78 is 5.69. The Morgan fingerprint density at radius 1 is 1.44 bits per heavy atom. The Bertz CT molecular complexity index is 605. The van der Waals surface area contributed by atoms with E-state index in [-0.39, 0.29) is 6.42 Å². The van der Waals surface area contributed by atoms with Crippen LogP contribution in [0.25, 0.3) is 17.0 Å². The number of fused-ring (bicyclic) bond motifs is 3. The third-order valence-electron chi connectivity index (χ3n) is 2.86. The Morgan fingerprint density at radius 2 is 2.31 bits per heavy atom. The fourth-order valence-electron chi connectivity index (χ4n) is 2.18. The van der Waals surface area contributed by atoms with Crippen molar-refractivity contribution in [2.45, 2.75) is 12.8 Å². The van der Waals surface area contributed by atoms with Gasteiger partial charge in [0.15, 0.2) is 0 Å². The molecule has 3 rings (SSSR count). The van der Waals surface area contributed by atoms with Gasteiger partial charge < -0.3 is 9.52 Å². The van der Waals surface area contributed by atoms with Crippen molar-refractivity contribution in [1.29, 1.82) is 0 Å². The lowest BCUT2D eigenvalue weighted by atomic mass is 10.1. The van der Waals surface area contributed by atoms with Crippen LogP contribution in [0.5, 0.6) is 0 Å². The number of para-hydroxylation sites is 1. The number of benzene rings is 1. The Hall–Kier alpha value is -2.03. The molecule has 0 atom stereocenters. The van der Waals surface area contributed by atoms with Gasteiger partial charge in [0.25, 0.3) is 0 Å². The first-order valence-electron chi connectivity index (χ1n) is 5.17. The molecule has 1 aromatic carbocycles. The van der Waals surface area contributed by atoms with E-state index in [9.17, 15) is 4.79 Å². The average Bonchev–Trinajstić information content (AvgIpc) is 2.77. The van der Waals surface area contributed by atoms with Gasteiger partial charge >= 0.3 is 5.97 Å². The normalized spacial score (nSPS) is 13.2. The van der Waals surface area contributed by atoms with Crippen molar-refractivity contribution in [3.63, 3.8) is 0 Å². The van der Waals surface area contributed by atoms with Gasteiger partial charge in [0.2, 0.25) is 0 Å². The summed E-state index contributed by atoms with van der Waals surface area (Å²) in [4.78, 5) is 10.7. The molecule has 0 spiro atoms. The largest absolute Gasteiger partial charge is 0.481 e. The summed E-state index contributed by atoms with van der Waals surface area (Å²) in [6.07, 6.45) is 4.88. The van der Waals surface area contributed by atoms with Crippen LogP contribution in [0.1, 0.15) is 16.9 Å². The zero-order valence-corrected chi connectivity index (χ0v) is 8.56. The first-order chi connectivity index (χ1) is 7.75. The summed E-state index contributed by atoms with van der Waals surface area (Å²) >= 11 is 0. The van der Waals surface area contributed by atoms with E-state index in [1.807, 2.05) is 18.2 Å². The molecule has 0 aliphatic heterocycles. The summed E-state index contributed by atoms with van der Waals surface area (Å²) in [6, 6.07) is 5.67. The number of furan rings is 1. The molecule has 0 amide bonds. The van der Waals surface area contributed by atoms with Gasteiger partial charge in [-0.2, -0.15) is 0 Å². The molecule has 1 heterocycles. The van der Waals surface area contributed by atoms with Crippen LogP contribution in [0.4, 0.5) is 0 Å². The monoisotopic (exact) mass is 214 g/mol. The van der Waals surface area contributed by atoms with Crippen molar-refractivity contribution in [1.82, 2.24) is 0 Å². The van der Waals surface area contributed by atoms with Crippen molar-refractivity contribution in [2.24, 2.45) is 0 Å². The van der Waals surface area contributed by atoms with E-state index < -0.39 is 5.97 Å². The highest BCUT2D eigenvalue weighted by atomic mass is 16.4. The summed E-state index contributed by atoms with van der Waals surface area (Å²) in [5.41, 5.74) is 2.63. The number of rotatable bonds is 2. The van der Waals surface area contributed by atoms with Gasteiger partial charge in [-0.3, -0.25) is 4.79 Å². The first-order valence-corrected chi connectivity index (χ1v) is 5.17. The summed E-state index contributed by atoms with van der Waals surface area (Å²) in [6.45, 7) is 0. The van der Waals surface area contributed by atoms with E-state index in [2.05, 4.69) is 6.08 Å². The number of hydrogen-bond acceptors (Lipinski definition) is 2. The Kier molecular flexibility index (Phi) is 1.86. The minimum absolute atomic E-state index is 0.00739. The third-order valence-corrected chi connectivity index (χ3v) is 2.86. The van der Waals surface area contributed by atoms with Crippen LogP contribution in [0.2, 0.25) is 0 Å². The number of aliphatic carboxylic acids is 1. The highest BCUT2D eigenvalue weighted by molar-refractivity contribution is 5.90. The van der Waals surface area contributed by atoms with Crippen LogP contribution < -0.4 is 0 Å². The average molecular weight is 214 g/mol. The van der Waals surface area contributed by atoms with E-state index in [1.165, 1.54) is 5.56 Å². The minimum atomic E-state index is -0.834. The molecule has 0 fully saturated rings. The molecule has 0 saturated carbocycles. The maximum atomic E-state index is 10.7. The fourth-order valence-corrected chi connectivity index (χ4v) is 2.18. The highest BCUT2D eigenvalue weighted by Gasteiger charge is 2.17. The van der Waals surface area contributed by atoms with Gasteiger partial charge in [-0.25, -0.2) is 0 Å². The second-order valence-electron chi connectivity index (χ2n) is 3.92.